The first-order chi connectivity index (χ1) is 10.3. The molecule has 1 unspecified atom stereocenters. The summed E-state index contributed by atoms with van der Waals surface area (Å²) in [6, 6.07) is -0.493. The van der Waals surface area contributed by atoms with Gasteiger partial charge in [-0.1, -0.05) is 19.3 Å². The van der Waals surface area contributed by atoms with E-state index in [1.807, 2.05) is 20.8 Å². The molecule has 1 saturated heterocycles. The molecule has 0 aromatic heterocycles. The largest absolute Gasteiger partial charge is 0.464 e. The summed E-state index contributed by atoms with van der Waals surface area (Å²) in [6.07, 6.45) is 6.09. The molecule has 1 spiro atoms. The lowest BCUT2D eigenvalue weighted by atomic mass is 9.73. The summed E-state index contributed by atoms with van der Waals surface area (Å²) >= 11 is 0. The maximum absolute atomic E-state index is 12.5. The Labute approximate surface area is 133 Å². The van der Waals surface area contributed by atoms with Gasteiger partial charge in [0.1, 0.15) is 11.6 Å². The summed E-state index contributed by atoms with van der Waals surface area (Å²) in [6.45, 7) is 8.28. The highest BCUT2D eigenvalue weighted by molar-refractivity contribution is 5.82. The normalized spacial score (nSPS) is 24.4. The number of nitrogens with zero attached hydrogens (tertiary/aromatic N) is 1. The molecule has 1 atom stereocenters. The van der Waals surface area contributed by atoms with Crippen molar-refractivity contribution >= 4 is 12.1 Å². The van der Waals surface area contributed by atoms with Crippen LogP contribution >= 0.6 is 0 Å². The number of carbonyl (C=O) groups is 2. The molecule has 2 aliphatic rings. The second-order valence-electron chi connectivity index (χ2n) is 7.64. The molecule has 1 aliphatic heterocycles. The molecule has 126 valence electrons. The lowest BCUT2D eigenvalue weighted by molar-refractivity contribution is -0.148. The van der Waals surface area contributed by atoms with Gasteiger partial charge in [0, 0.05) is 6.54 Å². The van der Waals surface area contributed by atoms with Crippen LogP contribution < -0.4 is 0 Å². The standard InChI is InChI=1S/C17H29NO4/c1-5-21-14(19)13-11-17(9-7-6-8-10-17)12-18(13)15(20)22-16(2,3)4/h13H,5-12H2,1-4H3. The molecular weight excluding hydrogens is 282 g/mol. The van der Waals surface area contributed by atoms with E-state index in [4.69, 9.17) is 9.47 Å². The predicted octanol–water partition coefficient (Wildman–Crippen LogP) is 3.51. The van der Waals surface area contributed by atoms with Crippen molar-refractivity contribution in [3.8, 4) is 0 Å². The number of carbonyl (C=O) groups excluding carboxylic acids is 2. The fraction of sp³-hybridized carbons (Fsp3) is 0.882. The first-order valence-electron chi connectivity index (χ1n) is 8.43. The van der Waals surface area contributed by atoms with E-state index in [1.165, 1.54) is 19.3 Å². The van der Waals surface area contributed by atoms with Crippen LogP contribution in [0.3, 0.4) is 0 Å². The van der Waals surface area contributed by atoms with Crippen LogP contribution in [0, 0.1) is 5.41 Å². The zero-order chi connectivity index (χ0) is 16.4. The first-order valence-corrected chi connectivity index (χ1v) is 8.43. The van der Waals surface area contributed by atoms with Gasteiger partial charge < -0.3 is 9.47 Å². The van der Waals surface area contributed by atoms with Gasteiger partial charge in [-0.3, -0.25) is 4.90 Å². The Morgan fingerprint density at radius 2 is 1.82 bits per heavy atom. The lowest BCUT2D eigenvalue weighted by Gasteiger charge is -2.33. The van der Waals surface area contributed by atoms with Crippen molar-refractivity contribution in [3.63, 3.8) is 0 Å². The second-order valence-corrected chi connectivity index (χ2v) is 7.64. The predicted molar refractivity (Wildman–Crippen MR) is 83.5 cm³/mol. The highest BCUT2D eigenvalue weighted by atomic mass is 16.6. The third-order valence-electron chi connectivity index (χ3n) is 4.61. The highest BCUT2D eigenvalue weighted by Crippen LogP contribution is 2.46. The first kappa shape index (κ1) is 17.1. The van der Waals surface area contributed by atoms with E-state index in [9.17, 15) is 9.59 Å². The Morgan fingerprint density at radius 3 is 2.36 bits per heavy atom. The summed E-state index contributed by atoms with van der Waals surface area (Å²) in [5, 5.41) is 0. The maximum atomic E-state index is 12.5. The van der Waals surface area contributed by atoms with Crippen molar-refractivity contribution in [1.29, 1.82) is 0 Å². The van der Waals surface area contributed by atoms with Crippen molar-refractivity contribution < 1.29 is 19.1 Å². The molecule has 0 aromatic rings. The van der Waals surface area contributed by atoms with Crippen LogP contribution in [0.4, 0.5) is 4.79 Å². The summed E-state index contributed by atoms with van der Waals surface area (Å²) in [5.74, 6) is -0.296. The Hall–Kier alpha value is -1.26. The van der Waals surface area contributed by atoms with E-state index in [2.05, 4.69) is 0 Å². The van der Waals surface area contributed by atoms with Crippen LogP contribution in [0.15, 0.2) is 0 Å². The number of hydrogen-bond donors (Lipinski definition) is 0. The molecular formula is C17H29NO4. The Kier molecular flexibility index (Phi) is 5.03. The SMILES string of the molecule is CCOC(=O)C1CC2(CCCCC2)CN1C(=O)OC(C)(C)C. The van der Waals surface area contributed by atoms with Crippen LogP contribution in [-0.2, 0) is 14.3 Å². The lowest BCUT2D eigenvalue weighted by Crippen LogP contribution is -2.44. The molecule has 0 aromatic carbocycles. The number of likely N-dealkylation sites (tertiary alicyclic amines) is 1. The van der Waals surface area contributed by atoms with Crippen molar-refractivity contribution in [2.75, 3.05) is 13.2 Å². The van der Waals surface area contributed by atoms with Crippen LogP contribution in [-0.4, -0.2) is 41.8 Å². The van der Waals surface area contributed by atoms with E-state index in [-0.39, 0.29) is 11.4 Å². The van der Waals surface area contributed by atoms with Gasteiger partial charge >= 0.3 is 12.1 Å². The Balaban J connectivity index is 2.15. The Morgan fingerprint density at radius 1 is 1.18 bits per heavy atom. The van der Waals surface area contributed by atoms with Gasteiger partial charge in [-0.25, -0.2) is 9.59 Å². The topological polar surface area (TPSA) is 55.8 Å². The molecule has 0 radical (unpaired) electrons. The summed E-state index contributed by atoms with van der Waals surface area (Å²) < 4.78 is 10.7. The van der Waals surface area contributed by atoms with Crippen molar-refractivity contribution in [2.24, 2.45) is 5.41 Å². The molecule has 1 aliphatic carbocycles. The van der Waals surface area contributed by atoms with E-state index < -0.39 is 17.7 Å². The van der Waals surface area contributed by atoms with Gasteiger partial charge in [-0.05, 0) is 52.4 Å². The van der Waals surface area contributed by atoms with Crippen molar-refractivity contribution in [2.45, 2.75) is 77.9 Å². The van der Waals surface area contributed by atoms with E-state index in [1.54, 1.807) is 11.8 Å². The maximum Gasteiger partial charge on any atom is 0.411 e. The number of hydrogen-bond acceptors (Lipinski definition) is 4. The van der Waals surface area contributed by atoms with Gasteiger partial charge in [0.05, 0.1) is 6.61 Å². The smallest absolute Gasteiger partial charge is 0.411 e. The summed E-state index contributed by atoms with van der Waals surface area (Å²) in [4.78, 5) is 26.4. The molecule has 1 saturated carbocycles. The fourth-order valence-corrected chi connectivity index (χ4v) is 3.68. The van der Waals surface area contributed by atoms with Crippen LogP contribution in [0.5, 0.6) is 0 Å². The number of esters is 1. The number of rotatable bonds is 2. The average Bonchev–Trinajstić information content (AvgIpc) is 2.78. The minimum atomic E-state index is -0.557. The fourth-order valence-electron chi connectivity index (χ4n) is 3.68. The quantitative estimate of drug-likeness (QED) is 0.732. The van der Waals surface area contributed by atoms with Gasteiger partial charge in [0.25, 0.3) is 0 Å². The Bertz CT molecular complexity index is 421. The second kappa shape index (κ2) is 6.47. The molecule has 2 rings (SSSR count). The van der Waals surface area contributed by atoms with E-state index in [0.29, 0.717) is 19.6 Å². The average molecular weight is 311 g/mol. The zero-order valence-corrected chi connectivity index (χ0v) is 14.3. The summed E-state index contributed by atoms with van der Waals surface area (Å²) in [5.41, 5.74) is -0.481. The molecule has 1 heterocycles. The van der Waals surface area contributed by atoms with Crippen LogP contribution in [0.1, 0.15) is 66.2 Å². The van der Waals surface area contributed by atoms with Crippen LogP contribution in [0.25, 0.3) is 0 Å². The van der Waals surface area contributed by atoms with E-state index >= 15 is 0 Å². The molecule has 1 amide bonds. The third-order valence-corrected chi connectivity index (χ3v) is 4.61. The third kappa shape index (κ3) is 3.93. The highest BCUT2D eigenvalue weighted by Gasteiger charge is 2.50. The molecule has 0 bridgehead atoms. The molecule has 2 fully saturated rings. The van der Waals surface area contributed by atoms with Gasteiger partial charge in [-0.2, -0.15) is 0 Å². The molecule has 5 nitrogen and oxygen atoms in total. The minimum absolute atomic E-state index is 0.0760. The molecule has 5 heteroatoms. The zero-order valence-electron chi connectivity index (χ0n) is 14.3. The summed E-state index contributed by atoms with van der Waals surface area (Å²) in [7, 11) is 0. The van der Waals surface area contributed by atoms with E-state index in [0.717, 1.165) is 12.8 Å². The minimum Gasteiger partial charge on any atom is -0.464 e. The van der Waals surface area contributed by atoms with Crippen LogP contribution in [0.2, 0.25) is 0 Å². The number of ether oxygens (including phenoxy) is 2. The van der Waals surface area contributed by atoms with Gasteiger partial charge in [0.15, 0.2) is 0 Å². The number of amides is 1. The monoisotopic (exact) mass is 311 g/mol. The molecule has 0 N–H and O–H groups in total. The van der Waals surface area contributed by atoms with Crippen molar-refractivity contribution in [3.05, 3.63) is 0 Å². The van der Waals surface area contributed by atoms with Gasteiger partial charge in [-0.15, -0.1) is 0 Å². The van der Waals surface area contributed by atoms with Gasteiger partial charge in [0.2, 0.25) is 0 Å². The molecule has 22 heavy (non-hydrogen) atoms. The van der Waals surface area contributed by atoms with Crippen molar-refractivity contribution in [1.82, 2.24) is 4.90 Å².